The molecule has 2 amide bonds. The molecule has 1 aromatic heterocycles. The van der Waals surface area contributed by atoms with E-state index < -0.39 is 6.04 Å². The van der Waals surface area contributed by atoms with Gasteiger partial charge in [0.05, 0.1) is 0 Å². The van der Waals surface area contributed by atoms with Crippen LogP contribution < -0.4 is 16.2 Å². The molecular weight excluding hydrogens is 426 g/mol. The molecule has 180 valence electrons. The third-order valence-electron chi connectivity index (χ3n) is 9.14. The van der Waals surface area contributed by atoms with Crippen LogP contribution in [0, 0.1) is 23.2 Å². The van der Waals surface area contributed by atoms with Gasteiger partial charge in [0.1, 0.15) is 6.04 Å². The van der Waals surface area contributed by atoms with E-state index in [1.54, 1.807) is 19.2 Å². The van der Waals surface area contributed by atoms with E-state index in [4.69, 9.17) is 0 Å². The Hall–Kier alpha value is -2.63. The average Bonchev–Trinajstić information content (AvgIpc) is 3.57. The molecule has 1 aromatic carbocycles. The first-order valence-corrected chi connectivity index (χ1v) is 13.1. The maximum Gasteiger partial charge on any atom is 0.259 e. The second-order valence-corrected chi connectivity index (χ2v) is 11.6. The number of pyridine rings is 1. The minimum absolute atomic E-state index is 0.0635. The van der Waals surface area contributed by atoms with Crippen LogP contribution in [0.2, 0.25) is 0 Å². The SMILES string of the molecule is C[C@H](C(=O)NC1CC1)n1ccc2c(NC(=O)CC34CCCC5CC(CC5C3)C4)cccc2c1=O. The van der Waals surface area contributed by atoms with Crippen LogP contribution in [-0.4, -0.2) is 22.4 Å². The monoisotopic (exact) mass is 461 g/mol. The lowest BCUT2D eigenvalue weighted by Crippen LogP contribution is -2.36. The van der Waals surface area contributed by atoms with Crippen molar-refractivity contribution in [1.29, 1.82) is 0 Å². The molecule has 2 aromatic rings. The summed E-state index contributed by atoms with van der Waals surface area (Å²) in [5.41, 5.74) is 0.637. The molecule has 4 unspecified atom stereocenters. The average molecular weight is 462 g/mol. The zero-order chi connectivity index (χ0) is 23.4. The molecule has 0 aliphatic heterocycles. The van der Waals surface area contributed by atoms with Crippen LogP contribution in [0.25, 0.3) is 10.8 Å². The summed E-state index contributed by atoms with van der Waals surface area (Å²) in [6, 6.07) is 7.00. The highest BCUT2D eigenvalue weighted by atomic mass is 16.2. The largest absolute Gasteiger partial charge is 0.352 e. The van der Waals surface area contributed by atoms with E-state index >= 15 is 0 Å². The number of carbonyl (C=O) groups excluding carboxylic acids is 2. The Kier molecular flexibility index (Phi) is 5.30. The summed E-state index contributed by atoms with van der Waals surface area (Å²) in [6.07, 6.45) is 13.2. The summed E-state index contributed by atoms with van der Waals surface area (Å²) in [5.74, 6) is 2.47. The van der Waals surface area contributed by atoms with Gasteiger partial charge in [-0.2, -0.15) is 0 Å². The second kappa shape index (κ2) is 8.24. The van der Waals surface area contributed by atoms with Crippen molar-refractivity contribution in [3.8, 4) is 0 Å². The van der Waals surface area contributed by atoms with Crippen LogP contribution in [0.15, 0.2) is 35.3 Å². The lowest BCUT2D eigenvalue weighted by Gasteiger charge is -2.40. The van der Waals surface area contributed by atoms with Crippen molar-refractivity contribution in [2.45, 2.75) is 83.2 Å². The maximum atomic E-state index is 13.3. The van der Waals surface area contributed by atoms with E-state index in [0.717, 1.165) is 36.0 Å². The Balaban J connectivity index is 1.22. The van der Waals surface area contributed by atoms with Crippen molar-refractivity contribution < 1.29 is 9.59 Å². The number of fused-ring (bicyclic) bond motifs is 3. The summed E-state index contributed by atoms with van der Waals surface area (Å²) < 4.78 is 1.49. The number of nitrogens with zero attached hydrogens (tertiary/aromatic N) is 1. The predicted octanol–water partition coefficient (Wildman–Crippen LogP) is 4.78. The van der Waals surface area contributed by atoms with Gasteiger partial charge in [-0.1, -0.05) is 18.9 Å². The summed E-state index contributed by atoms with van der Waals surface area (Å²) in [5, 5.41) is 7.38. The standard InChI is InChI=1S/C28H35N3O3/c1-17(26(33)29-21-7-8-21)31-11-9-22-23(27(31)34)5-2-6-24(22)30-25(32)16-28-10-3-4-19-12-18(14-28)13-20(19)15-28/h2,5-6,9,11,17-21H,3-4,7-8,10,12-16H2,1H3,(H,29,33)(H,30,32)/t17-,18?,19?,20?,28?/m1/s1. The Labute approximate surface area is 200 Å². The molecule has 0 saturated heterocycles. The lowest BCUT2D eigenvalue weighted by molar-refractivity contribution is -0.124. The van der Waals surface area contributed by atoms with Gasteiger partial charge in [0, 0.05) is 35.1 Å². The first-order chi connectivity index (χ1) is 16.4. The number of carbonyl (C=O) groups is 2. The van der Waals surface area contributed by atoms with Gasteiger partial charge in [-0.15, -0.1) is 0 Å². The second-order valence-electron chi connectivity index (χ2n) is 11.6. The van der Waals surface area contributed by atoms with E-state index in [1.165, 1.54) is 49.5 Å². The molecule has 6 rings (SSSR count). The van der Waals surface area contributed by atoms with Gasteiger partial charge in [-0.25, -0.2) is 0 Å². The van der Waals surface area contributed by atoms with Gasteiger partial charge in [-0.3, -0.25) is 14.4 Å². The normalized spacial score (nSPS) is 30.7. The summed E-state index contributed by atoms with van der Waals surface area (Å²) >= 11 is 0. The smallest absolute Gasteiger partial charge is 0.259 e. The van der Waals surface area contributed by atoms with E-state index in [9.17, 15) is 14.4 Å². The first kappa shape index (κ1) is 21.9. The first-order valence-electron chi connectivity index (χ1n) is 13.1. The van der Waals surface area contributed by atoms with Gasteiger partial charge in [0.2, 0.25) is 11.8 Å². The van der Waals surface area contributed by atoms with Crippen LogP contribution in [0.5, 0.6) is 0 Å². The zero-order valence-corrected chi connectivity index (χ0v) is 20.0. The van der Waals surface area contributed by atoms with Crippen molar-refractivity contribution >= 4 is 28.3 Å². The Bertz CT molecular complexity index is 1200. The van der Waals surface area contributed by atoms with Gasteiger partial charge in [0.15, 0.2) is 0 Å². The molecule has 5 atom stereocenters. The minimum atomic E-state index is -0.574. The number of hydrogen-bond donors (Lipinski definition) is 2. The fraction of sp³-hybridized carbons (Fsp3) is 0.607. The molecule has 6 heteroatoms. The quantitative estimate of drug-likeness (QED) is 0.650. The molecule has 4 aliphatic rings. The highest BCUT2D eigenvalue weighted by molar-refractivity contribution is 6.02. The number of hydrogen-bond acceptors (Lipinski definition) is 3. The fourth-order valence-electron chi connectivity index (χ4n) is 7.45. The van der Waals surface area contributed by atoms with Crippen molar-refractivity contribution in [1.82, 2.24) is 9.88 Å². The molecule has 6 nitrogen and oxygen atoms in total. The molecule has 3 bridgehead atoms. The van der Waals surface area contributed by atoms with E-state index in [1.807, 2.05) is 18.2 Å². The molecule has 0 spiro atoms. The van der Waals surface area contributed by atoms with Gasteiger partial charge in [-0.05, 0) is 93.2 Å². The van der Waals surface area contributed by atoms with E-state index in [0.29, 0.717) is 17.5 Å². The molecule has 34 heavy (non-hydrogen) atoms. The van der Waals surface area contributed by atoms with E-state index in [-0.39, 0.29) is 28.8 Å². The van der Waals surface area contributed by atoms with Crippen molar-refractivity contribution in [3.05, 3.63) is 40.8 Å². The Morgan fingerprint density at radius 2 is 1.91 bits per heavy atom. The third kappa shape index (κ3) is 3.95. The molecule has 0 radical (unpaired) electrons. The Morgan fingerprint density at radius 1 is 1.09 bits per heavy atom. The molecular formula is C28H35N3O3. The number of aromatic nitrogens is 1. The van der Waals surface area contributed by atoms with Gasteiger partial charge >= 0.3 is 0 Å². The van der Waals surface area contributed by atoms with Crippen molar-refractivity contribution in [2.75, 3.05) is 5.32 Å². The number of rotatable bonds is 6. The summed E-state index contributed by atoms with van der Waals surface area (Å²) in [7, 11) is 0. The molecule has 4 fully saturated rings. The fourth-order valence-corrected chi connectivity index (χ4v) is 7.45. The van der Waals surface area contributed by atoms with Crippen LogP contribution in [0.1, 0.15) is 77.2 Å². The highest BCUT2D eigenvalue weighted by Crippen LogP contribution is 2.60. The highest BCUT2D eigenvalue weighted by Gasteiger charge is 2.50. The van der Waals surface area contributed by atoms with Crippen LogP contribution >= 0.6 is 0 Å². The van der Waals surface area contributed by atoms with Crippen molar-refractivity contribution in [2.24, 2.45) is 23.2 Å². The van der Waals surface area contributed by atoms with Crippen LogP contribution in [0.3, 0.4) is 0 Å². The van der Waals surface area contributed by atoms with E-state index in [2.05, 4.69) is 10.6 Å². The van der Waals surface area contributed by atoms with Gasteiger partial charge < -0.3 is 15.2 Å². The Morgan fingerprint density at radius 3 is 2.74 bits per heavy atom. The molecule has 4 saturated carbocycles. The van der Waals surface area contributed by atoms with Gasteiger partial charge in [0.25, 0.3) is 5.56 Å². The van der Waals surface area contributed by atoms with Crippen LogP contribution in [-0.2, 0) is 9.59 Å². The third-order valence-corrected chi connectivity index (χ3v) is 9.14. The lowest BCUT2D eigenvalue weighted by atomic mass is 9.65. The predicted molar refractivity (Wildman–Crippen MR) is 133 cm³/mol. The topological polar surface area (TPSA) is 80.2 Å². The molecule has 1 heterocycles. The number of nitrogens with one attached hydrogen (secondary N) is 2. The molecule has 4 aliphatic carbocycles. The summed E-state index contributed by atoms with van der Waals surface area (Å²) in [4.78, 5) is 39.0. The molecule has 2 N–H and O–H groups in total. The summed E-state index contributed by atoms with van der Waals surface area (Å²) in [6.45, 7) is 1.75. The zero-order valence-electron chi connectivity index (χ0n) is 20.0. The van der Waals surface area contributed by atoms with Crippen LogP contribution in [0.4, 0.5) is 5.69 Å². The number of amides is 2. The minimum Gasteiger partial charge on any atom is -0.352 e. The van der Waals surface area contributed by atoms with Crippen molar-refractivity contribution in [3.63, 3.8) is 0 Å². The number of benzene rings is 1. The maximum absolute atomic E-state index is 13.3. The number of anilines is 1.